The lowest BCUT2D eigenvalue weighted by Crippen LogP contribution is -2.02. The first-order chi connectivity index (χ1) is 12.5. The van der Waals surface area contributed by atoms with Gasteiger partial charge < -0.3 is 14.6 Å². The minimum absolute atomic E-state index is 0.299. The lowest BCUT2D eigenvalue weighted by Gasteiger charge is -2.16. The number of rotatable bonds is 5. The molecule has 0 amide bonds. The van der Waals surface area contributed by atoms with E-state index >= 15 is 0 Å². The van der Waals surface area contributed by atoms with E-state index in [1.54, 1.807) is 20.3 Å². The minimum atomic E-state index is -0.932. The highest BCUT2D eigenvalue weighted by Crippen LogP contribution is 2.37. The summed E-state index contributed by atoms with van der Waals surface area (Å²) in [5, 5.41) is 9.51. The lowest BCUT2D eigenvalue weighted by molar-refractivity contribution is 0.0696. The van der Waals surface area contributed by atoms with E-state index in [2.05, 4.69) is 0 Å². The number of carbonyl (C=O) groups is 1. The number of methoxy groups -OCH3 is 2. The second-order valence-corrected chi connectivity index (χ2v) is 5.92. The predicted molar refractivity (Wildman–Crippen MR) is 102 cm³/mol. The van der Waals surface area contributed by atoms with Crippen molar-refractivity contribution in [2.24, 2.45) is 0 Å². The average molecular weight is 348 g/mol. The first-order valence-electron chi connectivity index (χ1n) is 8.21. The molecule has 0 aliphatic carbocycles. The third-order valence-corrected chi connectivity index (χ3v) is 4.48. The van der Waals surface area contributed by atoms with Gasteiger partial charge in [-0.05, 0) is 65.1 Å². The monoisotopic (exact) mass is 348 g/mol. The number of carboxylic acid groups (broad SMARTS) is 1. The molecule has 0 aliphatic heterocycles. The fourth-order valence-electron chi connectivity index (χ4n) is 3.08. The van der Waals surface area contributed by atoms with Crippen LogP contribution in [0.5, 0.6) is 11.5 Å². The van der Waals surface area contributed by atoms with E-state index in [-0.39, 0.29) is 0 Å². The van der Waals surface area contributed by atoms with Gasteiger partial charge in [0.05, 0.1) is 19.8 Å². The Kier molecular flexibility index (Phi) is 4.94. The highest BCUT2D eigenvalue weighted by Gasteiger charge is 2.17. The average Bonchev–Trinajstić information content (AvgIpc) is 2.67. The fourth-order valence-corrected chi connectivity index (χ4v) is 3.08. The summed E-state index contributed by atoms with van der Waals surface area (Å²) in [7, 11) is 3.25. The van der Waals surface area contributed by atoms with Crippen molar-refractivity contribution in [1.29, 1.82) is 0 Å². The van der Waals surface area contributed by atoms with Crippen LogP contribution in [-0.4, -0.2) is 25.3 Å². The molecule has 4 heteroatoms. The van der Waals surface area contributed by atoms with Crippen molar-refractivity contribution in [2.45, 2.75) is 6.92 Å². The van der Waals surface area contributed by atoms with Crippen LogP contribution in [0, 0.1) is 6.92 Å². The Hall–Kier alpha value is -3.27. The molecule has 0 fully saturated rings. The summed E-state index contributed by atoms with van der Waals surface area (Å²) in [5.74, 6) is 0.601. The van der Waals surface area contributed by atoms with Crippen LogP contribution in [0.2, 0.25) is 0 Å². The highest BCUT2D eigenvalue weighted by molar-refractivity contribution is 5.96. The van der Waals surface area contributed by atoms with Crippen LogP contribution in [0.1, 0.15) is 15.9 Å². The Bertz CT molecular complexity index is 926. The SMILES string of the molecule is COc1ccc(-c2ccc(C(=O)O)c(C)c2-c2ccc(OC)cc2)cc1. The third-order valence-electron chi connectivity index (χ3n) is 4.48. The largest absolute Gasteiger partial charge is 0.497 e. The molecule has 3 aromatic carbocycles. The second kappa shape index (κ2) is 7.31. The van der Waals surface area contributed by atoms with Crippen LogP contribution in [0.4, 0.5) is 0 Å². The molecule has 0 saturated carbocycles. The van der Waals surface area contributed by atoms with E-state index in [1.807, 2.05) is 61.5 Å². The van der Waals surface area contributed by atoms with Crippen LogP contribution in [0.3, 0.4) is 0 Å². The normalized spacial score (nSPS) is 10.4. The number of hydrogen-bond acceptors (Lipinski definition) is 3. The zero-order valence-electron chi connectivity index (χ0n) is 14.9. The zero-order valence-corrected chi connectivity index (χ0v) is 14.9. The number of carboxylic acids is 1. The van der Waals surface area contributed by atoms with Crippen LogP contribution in [0.25, 0.3) is 22.3 Å². The van der Waals surface area contributed by atoms with Gasteiger partial charge in [-0.25, -0.2) is 4.79 Å². The second-order valence-electron chi connectivity index (χ2n) is 5.92. The Morgan fingerprint density at radius 3 is 1.73 bits per heavy atom. The summed E-state index contributed by atoms with van der Waals surface area (Å²) < 4.78 is 10.5. The Morgan fingerprint density at radius 2 is 1.27 bits per heavy atom. The molecule has 26 heavy (non-hydrogen) atoms. The van der Waals surface area contributed by atoms with Crippen molar-refractivity contribution in [3.05, 3.63) is 71.8 Å². The number of hydrogen-bond donors (Lipinski definition) is 1. The molecule has 0 heterocycles. The first kappa shape index (κ1) is 17.5. The standard InChI is InChI=1S/C22H20O4/c1-14-19(22(23)24)12-13-20(15-4-8-17(25-2)9-5-15)21(14)16-6-10-18(26-3)11-7-16/h4-13H,1-3H3,(H,23,24). The Labute approximate surface area is 152 Å². The van der Waals surface area contributed by atoms with Gasteiger partial charge in [-0.2, -0.15) is 0 Å². The maximum Gasteiger partial charge on any atom is 0.335 e. The van der Waals surface area contributed by atoms with Crippen LogP contribution in [0.15, 0.2) is 60.7 Å². The summed E-state index contributed by atoms with van der Waals surface area (Å²) in [6.07, 6.45) is 0. The molecule has 0 bridgehead atoms. The van der Waals surface area contributed by atoms with Crippen LogP contribution < -0.4 is 9.47 Å². The maximum absolute atomic E-state index is 11.6. The van der Waals surface area contributed by atoms with Crippen molar-refractivity contribution < 1.29 is 19.4 Å². The number of benzene rings is 3. The topological polar surface area (TPSA) is 55.8 Å². The van der Waals surface area contributed by atoms with E-state index < -0.39 is 5.97 Å². The molecule has 0 aromatic heterocycles. The molecule has 3 aromatic rings. The Morgan fingerprint density at radius 1 is 0.769 bits per heavy atom. The van der Waals surface area contributed by atoms with Gasteiger partial charge in [0, 0.05) is 0 Å². The molecular weight excluding hydrogens is 328 g/mol. The van der Waals surface area contributed by atoms with Gasteiger partial charge in [-0.3, -0.25) is 0 Å². The summed E-state index contributed by atoms with van der Waals surface area (Å²) in [6.45, 7) is 1.84. The molecule has 132 valence electrons. The van der Waals surface area contributed by atoms with Gasteiger partial charge in [0.25, 0.3) is 0 Å². The summed E-state index contributed by atoms with van der Waals surface area (Å²) in [6, 6.07) is 18.9. The predicted octanol–water partition coefficient (Wildman–Crippen LogP) is 5.04. The molecule has 4 nitrogen and oxygen atoms in total. The van der Waals surface area contributed by atoms with E-state index in [1.165, 1.54) is 0 Å². The smallest absolute Gasteiger partial charge is 0.335 e. The number of aromatic carboxylic acids is 1. The van der Waals surface area contributed by atoms with Crippen LogP contribution in [-0.2, 0) is 0 Å². The molecule has 0 spiro atoms. The summed E-state index contributed by atoms with van der Waals surface area (Å²) in [5.41, 5.74) is 4.84. The molecular formula is C22H20O4. The molecule has 0 saturated heterocycles. The van der Waals surface area contributed by atoms with Crippen LogP contribution >= 0.6 is 0 Å². The molecule has 0 atom stereocenters. The highest BCUT2D eigenvalue weighted by atomic mass is 16.5. The van der Waals surface area contributed by atoms with Gasteiger partial charge in [-0.15, -0.1) is 0 Å². The van der Waals surface area contributed by atoms with Gasteiger partial charge in [-0.1, -0.05) is 30.3 Å². The lowest BCUT2D eigenvalue weighted by atomic mass is 9.88. The third kappa shape index (κ3) is 3.26. The van der Waals surface area contributed by atoms with E-state index in [4.69, 9.17) is 9.47 Å². The molecule has 1 N–H and O–H groups in total. The van der Waals surface area contributed by atoms with E-state index in [9.17, 15) is 9.90 Å². The molecule has 0 aliphatic rings. The van der Waals surface area contributed by atoms with E-state index in [0.29, 0.717) is 5.56 Å². The molecule has 0 unspecified atom stereocenters. The van der Waals surface area contributed by atoms with Crippen molar-refractivity contribution >= 4 is 5.97 Å². The fraction of sp³-hybridized carbons (Fsp3) is 0.136. The summed E-state index contributed by atoms with van der Waals surface area (Å²) >= 11 is 0. The summed E-state index contributed by atoms with van der Waals surface area (Å²) in [4.78, 5) is 11.6. The van der Waals surface area contributed by atoms with Gasteiger partial charge in [0.2, 0.25) is 0 Å². The Balaban J connectivity index is 2.22. The van der Waals surface area contributed by atoms with Crippen molar-refractivity contribution in [3.8, 4) is 33.8 Å². The van der Waals surface area contributed by atoms with Crippen molar-refractivity contribution in [2.75, 3.05) is 14.2 Å². The molecule has 3 rings (SSSR count). The quantitative estimate of drug-likeness (QED) is 0.701. The zero-order chi connectivity index (χ0) is 18.7. The first-order valence-corrected chi connectivity index (χ1v) is 8.21. The van der Waals surface area contributed by atoms with Crippen molar-refractivity contribution in [3.63, 3.8) is 0 Å². The maximum atomic E-state index is 11.6. The van der Waals surface area contributed by atoms with Gasteiger partial charge in [0.15, 0.2) is 0 Å². The molecule has 0 radical (unpaired) electrons. The van der Waals surface area contributed by atoms with Crippen molar-refractivity contribution in [1.82, 2.24) is 0 Å². The minimum Gasteiger partial charge on any atom is -0.497 e. The van der Waals surface area contributed by atoms with E-state index in [0.717, 1.165) is 39.3 Å². The van der Waals surface area contributed by atoms with Gasteiger partial charge >= 0.3 is 5.97 Å². The number of ether oxygens (including phenoxy) is 2. The van der Waals surface area contributed by atoms with Gasteiger partial charge in [0.1, 0.15) is 11.5 Å².